The van der Waals surface area contributed by atoms with Crippen LogP contribution in [0, 0.1) is 0 Å². The van der Waals surface area contributed by atoms with Gasteiger partial charge in [-0.2, -0.15) is 0 Å². The van der Waals surface area contributed by atoms with Crippen molar-refractivity contribution >= 4 is 27.3 Å². The third-order valence-corrected chi connectivity index (χ3v) is 4.37. The monoisotopic (exact) mass is 258 g/mol. The Bertz CT molecular complexity index is 632. The molecule has 1 atom stereocenters. The molecule has 1 aliphatic heterocycles. The SMILES string of the molecule is C=C1NC(Cc2csc3ccccc23)C(=O)N1C. The Morgan fingerprint density at radius 1 is 1.44 bits per heavy atom. The van der Waals surface area contributed by atoms with Gasteiger partial charge in [0.2, 0.25) is 0 Å². The van der Waals surface area contributed by atoms with Gasteiger partial charge in [-0.3, -0.25) is 4.79 Å². The van der Waals surface area contributed by atoms with Crippen LogP contribution in [0.5, 0.6) is 0 Å². The van der Waals surface area contributed by atoms with Crippen LogP contribution in [0.25, 0.3) is 10.1 Å². The summed E-state index contributed by atoms with van der Waals surface area (Å²) in [5, 5.41) is 6.53. The van der Waals surface area contributed by atoms with Gasteiger partial charge in [0.1, 0.15) is 11.9 Å². The molecule has 3 nitrogen and oxygen atoms in total. The molecule has 1 fully saturated rings. The zero-order chi connectivity index (χ0) is 12.7. The number of carbonyl (C=O) groups is 1. The molecule has 1 aliphatic rings. The smallest absolute Gasteiger partial charge is 0.250 e. The first-order valence-electron chi connectivity index (χ1n) is 5.85. The van der Waals surface area contributed by atoms with E-state index < -0.39 is 0 Å². The van der Waals surface area contributed by atoms with E-state index in [1.165, 1.54) is 15.6 Å². The van der Waals surface area contributed by atoms with Crippen molar-refractivity contribution in [1.82, 2.24) is 10.2 Å². The van der Waals surface area contributed by atoms with E-state index in [1.54, 1.807) is 23.3 Å². The maximum atomic E-state index is 12.0. The number of amides is 1. The molecule has 1 unspecified atom stereocenters. The van der Waals surface area contributed by atoms with Crippen LogP contribution in [0.1, 0.15) is 5.56 Å². The van der Waals surface area contributed by atoms with Crippen LogP contribution in [0.3, 0.4) is 0 Å². The number of rotatable bonds is 2. The number of nitrogens with one attached hydrogen (secondary N) is 1. The summed E-state index contributed by atoms with van der Waals surface area (Å²) in [7, 11) is 1.75. The van der Waals surface area contributed by atoms with Crippen molar-refractivity contribution in [3.8, 4) is 0 Å². The van der Waals surface area contributed by atoms with Gasteiger partial charge in [0, 0.05) is 18.2 Å². The van der Waals surface area contributed by atoms with Gasteiger partial charge in [-0.05, 0) is 22.4 Å². The average Bonchev–Trinajstić information content (AvgIpc) is 2.89. The summed E-state index contributed by atoms with van der Waals surface area (Å²) in [5.41, 5.74) is 1.23. The predicted octanol–water partition coefficient (Wildman–Crippen LogP) is 2.35. The highest BCUT2D eigenvalue weighted by Gasteiger charge is 2.31. The molecule has 0 aliphatic carbocycles. The molecule has 0 saturated carbocycles. The highest BCUT2D eigenvalue weighted by atomic mass is 32.1. The molecule has 4 heteroatoms. The van der Waals surface area contributed by atoms with E-state index in [0.717, 1.165) is 0 Å². The molecule has 0 radical (unpaired) electrons. The van der Waals surface area contributed by atoms with Crippen molar-refractivity contribution in [2.24, 2.45) is 0 Å². The van der Waals surface area contributed by atoms with Crippen molar-refractivity contribution in [1.29, 1.82) is 0 Å². The number of hydrogen-bond donors (Lipinski definition) is 1. The lowest BCUT2D eigenvalue weighted by atomic mass is 10.1. The fourth-order valence-electron chi connectivity index (χ4n) is 2.28. The molecule has 2 heterocycles. The molecule has 1 aromatic carbocycles. The van der Waals surface area contributed by atoms with Gasteiger partial charge in [-0.15, -0.1) is 11.3 Å². The van der Waals surface area contributed by atoms with Crippen LogP contribution in [0.2, 0.25) is 0 Å². The summed E-state index contributed by atoms with van der Waals surface area (Å²) >= 11 is 1.73. The summed E-state index contributed by atoms with van der Waals surface area (Å²) < 4.78 is 1.27. The van der Waals surface area contributed by atoms with Gasteiger partial charge in [-0.1, -0.05) is 24.8 Å². The van der Waals surface area contributed by atoms with Gasteiger partial charge in [0.15, 0.2) is 0 Å². The third-order valence-electron chi connectivity index (χ3n) is 3.36. The van der Waals surface area contributed by atoms with Crippen LogP contribution in [-0.2, 0) is 11.2 Å². The molecule has 3 rings (SSSR count). The first kappa shape index (κ1) is 11.3. The predicted molar refractivity (Wildman–Crippen MR) is 74.4 cm³/mol. The van der Waals surface area contributed by atoms with Crippen LogP contribution in [0.4, 0.5) is 0 Å². The summed E-state index contributed by atoms with van der Waals surface area (Å²) in [6.07, 6.45) is 0.714. The van der Waals surface area contributed by atoms with Crippen LogP contribution in [0.15, 0.2) is 42.0 Å². The molecule has 1 amide bonds. The molecule has 1 aromatic heterocycles. The van der Waals surface area contributed by atoms with E-state index in [4.69, 9.17) is 0 Å². The van der Waals surface area contributed by atoms with Crippen LogP contribution < -0.4 is 5.32 Å². The van der Waals surface area contributed by atoms with Gasteiger partial charge in [-0.25, -0.2) is 0 Å². The second-order valence-electron chi connectivity index (χ2n) is 4.50. The minimum absolute atomic E-state index is 0.0929. The maximum Gasteiger partial charge on any atom is 0.250 e. The molecule has 0 bridgehead atoms. The second kappa shape index (κ2) is 4.14. The highest BCUT2D eigenvalue weighted by Crippen LogP contribution is 2.27. The van der Waals surface area contributed by atoms with E-state index in [1.807, 2.05) is 12.1 Å². The van der Waals surface area contributed by atoms with Gasteiger partial charge in [0.25, 0.3) is 5.91 Å². The second-order valence-corrected chi connectivity index (χ2v) is 5.41. The van der Waals surface area contributed by atoms with Crippen molar-refractivity contribution < 1.29 is 4.79 Å². The molecule has 2 aromatic rings. The Balaban J connectivity index is 1.89. The number of thiophene rings is 1. The summed E-state index contributed by atoms with van der Waals surface area (Å²) in [6, 6.07) is 8.11. The normalized spacial score (nSPS) is 19.6. The van der Waals surface area contributed by atoms with Crippen molar-refractivity contribution in [3.05, 3.63) is 47.6 Å². The lowest BCUT2D eigenvalue weighted by Gasteiger charge is -2.07. The van der Waals surface area contributed by atoms with E-state index in [2.05, 4.69) is 29.4 Å². The van der Waals surface area contributed by atoms with E-state index >= 15 is 0 Å². The Labute approximate surface area is 110 Å². The summed E-state index contributed by atoms with van der Waals surface area (Å²) in [5.74, 6) is 0.778. The van der Waals surface area contributed by atoms with Crippen LogP contribution >= 0.6 is 11.3 Å². The quantitative estimate of drug-likeness (QED) is 0.896. The van der Waals surface area contributed by atoms with E-state index in [-0.39, 0.29) is 11.9 Å². The lowest BCUT2D eigenvalue weighted by Crippen LogP contribution is -2.30. The third kappa shape index (κ3) is 1.69. The fraction of sp³-hybridized carbons (Fsp3) is 0.214. The summed E-state index contributed by atoms with van der Waals surface area (Å²) in [4.78, 5) is 13.6. The Morgan fingerprint density at radius 2 is 2.22 bits per heavy atom. The molecule has 92 valence electrons. The largest absolute Gasteiger partial charge is 0.360 e. The van der Waals surface area contributed by atoms with Gasteiger partial charge >= 0.3 is 0 Å². The Kier molecular flexibility index (Phi) is 2.59. The number of carbonyl (C=O) groups excluding carboxylic acids is 1. The maximum absolute atomic E-state index is 12.0. The van der Waals surface area contributed by atoms with Crippen molar-refractivity contribution in [2.75, 3.05) is 7.05 Å². The molecule has 1 saturated heterocycles. The fourth-order valence-corrected chi connectivity index (χ4v) is 3.25. The molecule has 0 spiro atoms. The molecule has 1 N–H and O–H groups in total. The van der Waals surface area contributed by atoms with Crippen molar-refractivity contribution in [3.63, 3.8) is 0 Å². The van der Waals surface area contributed by atoms with Gasteiger partial charge in [0.05, 0.1) is 0 Å². The number of hydrogen-bond acceptors (Lipinski definition) is 3. The summed E-state index contributed by atoms with van der Waals surface area (Å²) in [6.45, 7) is 3.82. The molecule has 18 heavy (non-hydrogen) atoms. The van der Waals surface area contributed by atoms with Gasteiger partial charge < -0.3 is 10.2 Å². The first-order chi connectivity index (χ1) is 8.66. The first-order valence-corrected chi connectivity index (χ1v) is 6.73. The number of likely N-dealkylation sites (N-methyl/N-ethyl adjacent to an activating group) is 1. The van der Waals surface area contributed by atoms with E-state index in [0.29, 0.717) is 12.2 Å². The Hall–Kier alpha value is -1.81. The van der Waals surface area contributed by atoms with E-state index in [9.17, 15) is 4.79 Å². The minimum atomic E-state index is -0.180. The lowest BCUT2D eigenvalue weighted by molar-refractivity contribution is -0.127. The standard InChI is InChI=1S/C14H14N2OS/c1-9-15-12(14(17)16(9)2)7-10-8-18-13-6-4-3-5-11(10)13/h3-6,8,12,15H,1,7H2,2H3. The Morgan fingerprint density at radius 3 is 2.94 bits per heavy atom. The number of benzene rings is 1. The zero-order valence-corrected chi connectivity index (χ0v) is 11.0. The van der Waals surface area contributed by atoms with Crippen LogP contribution in [-0.4, -0.2) is 23.9 Å². The number of nitrogens with zero attached hydrogens (tertiary/aromatic N) is 1. The van der Waals surface area contributed by atoms with Crippen molar-refractivity contribution in [2.45, 2.75) is 12.5 Å². The average molecular weight is 258 g/mol. The number of fused-ring (bicyclic) bond motifs is 1. The minimum Gasteiger partial charge on any atom is -0.360 e. The highest BCUT2D eigenvalue weighted by molar-refractivity contribution is 7.17. The topological polar surface area (TPSA) is 32.3 Å². The molecular formula is C14H14N2OS. The zero-order valence-electron chi connectivity index (χ0n) is 10.1. The molecular weight excluding hydrogens is 244 g/mol.